The van der Waals surface area contributed by atoms with Gasteiger partial charge in [-0.3, -0.25) is 4.79 Å². The van der Waals surface area contributed by atoms with Crippen molar-refractivity contribution in [3.05, 3.63) is 42.6 Å². The fourth-order valence-corrected chi connectivity index (χ4v) is 1.30. The van der Waals surface area contributed by atoms with Crippen molar-refractivity contribution in [2.24, 2.45) is 0 Å². The van der Waals surface area contributed by atoms with Crippen LogP contribution in [0.1, 0.15) is 16.2 Å². The van der Waals surface area contributed by atoms with E-state index in [0.29, 0.717) is 17.0 Å². The third-order valence-electron chi connectivity index (χ3n) is 2.16. The number of carbonyl (C=O) groups is 1. The molecule has 1 amide bonds. The Labute approximate surface area is 99.1 Å². The Morgan fingerprint density at radius 2 is 2.18 bits per heavy atom. The Bertz CT molecular complexity index is 546. The van der Waals surface area contributed by atoms with Crippen LogP contribution in [0.5, 0.6) is 0 Å². The molecule has 5 heteroatoms. The minimum atomic E-state index is -0.326. The summed E-state index contributed by atoms with van der Waals surface area (Å²) >= 11 is 0. The van der Waals surface area contributed by atoms with Crippen LogP contribution in [0.25, 0.3) is 11.4 Å². The molecule has 0 fully saturated rings. The highest BCUT2D eigenvalue weighted by atomic mass is 16.5. The summed E-state index contributed by atoms with van der Waals surface area (Å²) in [5.74, 6) is -0.0115. The lowest BCUT2D eigenvalue weighted by molar-refractivity contribution is 0.0779. The van der Waals surface area contributed by atoms with Gasteiger partial charge in [0.1, 0.15) is 0 Å². The molecule has 0 spiro atoms. The van der Waals surface area contributed by atoms with E-state index >= 15 is 0 Å². The Morgan fingerprint density at radius 3 is 2.82 bits per heavy atom. The van der Waals surface area contributed by atoms with Crippen LogP contribution in [0.2, 0.25) is 0 Å². The van der Waals surface area contributed by atoms with Crippen LogP contribution in [0.3, 0.4) is 0 Å². The molecule has 1 aromatic heterocycles. The Hall–Kier alpha value is -2.17. The van der Waals surface area contributed by atoms with E-state index in [1.54, 1.807) is 38.4 Å². The third kappa shape index (κ3) is 2.33. The van der Waals surface area contributed by atoms with Crippen molar-refractivity contribution in [3.63, 3.8) is 0 Å². The number of hydrogen-bond acceptors (Lipinski definition) is 4. The van der Waals surface area contributed by atoms with Gasteiger partial charge >= 0.3 is 11.8 Å². The third-order valence-corrected chi connectivity index (χ3v) is 2.16. The molecule has 0 bridgehead atoms. The molecule has 86 valence electrons. The average Bonchev–Trinajstić information content (AvgIpc) is 2.77. The first-order valence-electron chi connectivity index (χ1n) is 4.99. The van der Waals surface area contributed by atoms with Gasteiger partial charge in [-0.05, 0) is 18.6 Å². The molecule has 0 saturated carbocycles. The summed E-state index contributed by atoms with van der Waals surface area (Å²) in [6.07, 6.45) is 0. The van der Waals surface area contributed by atoms with E-state index in [1.807, 2.05) is 0 Å². The smallest absolute Gasteiger partial charge is 0.316 e. The number of amides is 1. The number of aromatic nitrogens is 2. The van der Waals surface area contributed by atoms with Crippen molar-refractivity contribution < 1.29 is 9.32 Å². The lowest BCUT2D eigenvalue weighted by Gasteiger charge is -2.04. The predicted octanol–water partition coefficient (Wildman–Crippen LogP) is 1.50. The van der Waals surface area contributed by atoms with Gasteiger partial charge in [0.2, 0.25) is 5.82 Å². The van der Waals surface area contributed by atoms with Gasteiger partial charge in [-0.1, -0.05) is 23.4 Å². The Morgan fingerprint density at radius 1 is 1.41 bits per heavy atom. The van der Waals surface area contributed by atoms with Gasteiger partial charge in [0.25, 0.3) is 0 Å². The first-order chi connectivity index (χ1) is 8.08. The molecule has 0 aliphatic heterocycles. The van der Waals surface area contributed by atoms with E-state index in [4.69, 9.17) is 11.4 Å². The van der Waals surface area contributed by atoms with E-state index in [9.17, 15) is 4.79 Å². The molecule has 5 nitrogen and oxygen atoms in total. The van der Waals surface area contributed by atoms with E-state index < -0.39 is 0 Å². The Kier molecular flexibility index (Phi) is 2.91. The maximum absolute atomic E-state index is 11.6. The van der Waals surface area contributed by atoms with Crippen LogP contribution in [-0.2, 0) is 0 Å². The van der Waals surface area contributed by atoms with Gasteiger partial charge in [0.15, 0.2) is 0 Å². The Balaban J connectivity index is 2.33. The van der Waals surface area contributed by atoms with Crippen LogP contribution >= 0.6 is 0 Å². The van der Waals surface area contributed by atoms with Crippen LogP contribution in [0, 0.1) is 6.92 Å². The molecule has 0 unspecified atom stereocenters. The zero-order chi connectivity index (χ0) is 12.4. The second-order valence-corrected chi connectivity index (χ2v) is 3.75. The van der Waals surface area contributed by atoms with Crippen molar-refractivity contribution in [1.29, 1.82) is 0 Å². The van der Waals surface area contributed by atoms with Crippen LogP contribution in [0.4, 0.5) is 0 Å². The molecule has 0 aliphatic carbocycles. The molecule has 0 saturated heterocycles. The van der Waals surface area contributed by atoms with Gasteiger partial charge in [0.05, 0.1) is 0 Å². The summed E-state index contributed by atoms with van der Waals surface area (Å²) in [7, 11) is 3.24. The monoisotopic (exact) mass is 229 g/mol. The largest absolute Gasteiger partial charge is 0.341 e. The fourth-order valence-electron chi connectivity index (χ4n) is 1.30. The van der Waals surface area contributed by atoms with E-state index in [2.05, 4.69) is 10.1 Å². The van der Waals surface area contributed by atoms with E-state index in [0.717, 1.165) is 0 Å². The highest BCUT2D eigenvalue weighted by molar-refractivity contribution is 5.89. The van der Waals surface area contributed by atoms with E-state index in [-0.39, 0.29) is 11.8 Å². The molecule has 17 heavy (non-hydrogen) atoms. The predicted molar refractivity (Wildman–Crippen MR) is 61.2 cm³/mol. The first kappa shape index (κ1) is 11.3. The van der Waals surface area contributed by atoms with Crippen molar-refractivity contribution in [3.8, 4) is 11.4 Å². The van der Waals surface area contributed by atoms with Crippen molar-refractivity contribution in [2.45, 2.75) is 0 Å². The van der Waals surface area contributed by atoms with Crippen molar-refractivity contribution >= 4 is 5.91 Å². The standard InChI is InChI=1S/C12H11N3O2/c1-8-5-4-6-9(7-8)10-13-11(17-14-10)12(16)15(2)3/h1,4-7H,2-3H3. The molecular formula is C12H11N3O2. The van der Waals surface area contributed by atoms with Gasteiger partial charge < -0.3 is 9.42 Å². The van der Waals surface area contributed by atoms with Gasteiger partial charge in [-0.25, -0.2) is 0 Å². The fraction of sp³-hybridized carbons (Fsp3) is 0.167. The topological polar surface area (TPSA) is 59.2 Å². The summed E-state index contributed by atoms with van der Waals surface area (Å²) in [6.45, 7) is 5.65. The molecule has 2 rings (SSSR count). The molecule has 2 radical (unpaired) electrons. The lowest BCUT2D eigenvalue weighted by Crippen LogP contribution is -2.21. The molecule has 0 N–H and O–H groups in total. The SMILES string of the molecule is [CH]c1cccc(-c2noc(C(=O)N(C)C)n2)c1. The second kappa shape index (κ2) is 4.37. The van der Waals surface area contributed by atoms with Crippen molar-refractivity contribution in [2.75, 3.05) is 14.1 Å². The number of carbonyl (C=O) groups excluding carboxylic acids is 1. The first-order valence-corrected chi connectivity index (χ1v) is 4.99. The van der Waals surface area contributed by atoms with Crippen LogP contribution in [-0.4, -0.2) is 35.0 Å². The minimum Gasteiger partial charge on any atom is -0.341 e. The number of benzene rings is 1. The van der Waals surface area contributed by atoms with Crippen LogP contribution < -0.4 is 0 Å². The second-order valence-electron chi connectivity index (χ2n) is 3.75. The summed E-state index contributed by atoms with van der Waals surface area (Å²) in [6, 6.07) is 7.06. The zero-order valence-corrected chi connectivity index (χ0v) is 9.54. The zero-order valence-electron chi connectivity index (χ0n) is 9.54. The minimum absolute atomic E-state index is 0.0348. The normalized spacial score (nSPS) is 10.3. The van der Waals surface area contributed by atoms with Crippen LogP contribution in [0.15, 0.2) is 28.8 Å². The lowest BCUT2D eigenvalue weighted by atomic mass is 10.1. The molecule has 1 aromatic carbocycles. The van der Waals surface area contributed by atoms with Gasteiger partial charge in [-0.15, -0.1) is 0 Å². The molecule has 1 heterocycles. The maximum atomic E-state index is 11.6. The average molecular weight is 229 g/mol. The number of hydrogen-bond donors (Lipinski definition) is 0. The van der Waals surface area contributed by atoms with Crippen molar-refractivity contribution in [1.82, 2.24) is 15.0 Å². The van der Waals surface area contributed by atoms with E-state index in [1.165, 1.54) is 4.90 Å². The maximum Gasteiger partial charge on any atom is 0.316 e. The molecule has 0 aliphatic rings. The quantitative estimate of drug-likeness (QED) is 0.783. The summed E-state index contributed by atoms with van der Waals surface area (Å²) < 4.78 is 4.89. The molecular weight excluding hydrogens is 218 g/mol. The number of nitrogens with zero attached hydrogens (tertiary/aromatic N) is 3. The molecule has 0 atom stereocenters. The van der Waals surface area contributed by atoms with Gasteiger partial charge in [-0.2, -0.15) is 4.98 Å². The summed E-state index contributed by atoms with van der Waals surface area (Å²) in [5, 5.41) is 3.74. The number of rotatable bonds is 2. The highest BCUT2D eigenvalue weighted by Gasteiger charge is 2.17. The highest BCUT2D eigenvalue weighted by Crippen LogP contribution is 2.17. The van der Waals surface area contributed by atoms with Gasteiger partial charge in [0, 0.05) is 19.7 Å². The molecule has 2 aromatic rings. The summed E-state index contributed by atoms with van der Waals surface area (Å²) in [4.78, 5) is 17.0. The summed E-state index contributed by atoms with van der Waals surface area (Å²) in [5.41, 5.74) is 1.32.